The van der Waals surface area contributed by atoms with Gasteiger partial charge < -0.3 is 9.47 Å². The highest BCUT2D eigenvalue weighted by atomic mass is 16.5. The van der Waals surface area contributed by atoms with Gasteiger partial charge in [0.2, 0.25) is 0 Å². The first-order valence-corrected chi connectivity index (χ1v) is 9.48. The van der Waals surface area contributed by atoms with Crippen LogP contribution in [0.2, 0.25) is 0 Å². The zero-order chi connectivity index (χ0) is 19.1. The predicted octanol–water partition coefficient (Wildman–Crippen LogP) is 5.45. The molecule has 0 aromatic heterocycles. The third kappa shape index (κ3) is 5.10. The van der Waals surface area contributed by atoms with Gasteiger partial charge in [-0.15, -0.1) is 0 Å². The molecule has 3 nitrogen and oxygen atoms in total. The molecule has 0 bridgehead atoms. The van der Waals surface area contributed by atoms with Crippen molar-refractivity contribution in [2.75, 3.05) is 13.2 Å². The summed E-state index contributed by atoms with van der Waals surface area (Å²) < 4.78 is 11.1. The van der Waals surface area contributed by atoms with E-state index in [0.29, 0.717) is 25.2 Å². The van der Waals surface area contributed by atoms with E-state index in [1.807, 2.05) is 12.1 Å². The summed E-state index contributed by atoms with van der Waals surface area (Å²) in [6, 6.07) is 16.8. The Balaban J connectivity index is 1.69. The molecule has 0 fully saturated rings. The summed E-state index contributed by atoms with van der Waals surface area (Å²) in [6.07, 6.45) is 6.17. The molecule has 0 spiro atoms. The molecule has 0 heterocycles. The summed E-state index contributed by atoms with van der Waals surface area (Å²) in [5, 5.41) is 0. The van der Waals surface area contributed by atoms with Gasteiger partial charge in [0.15, 0.2) is 0 Å². The molecular formula is C24H26O3. The maximum Gasteiger partial charge on any atom is 0.333 e. The van der Waals surface area contributed by atoms with Gasteiger partial charge in [0.05, 0.1) is 13.2 Å². The molecule has 0 radical (unpaired) electrons. The standard InChI is InChI=1S/C24H26O3/c1-18(2)24(25)27-16-8-15-26-23-14-7-12-20-11-6-13-21(17-22(20)23)19-9-4-3-5-10-19/h3-5,7,9-10,12,14,17H,1,6,8,11,13,15-16H2,2H3. The van der Waals surface area contributed by atoms with Crippen LogP contribution in [-0.2, 0) is 16.0 Å². The molecule has 0 saturated heterocycles. The highest BCUT2D eigenvalue weighted by molar-refractivity contribution is 5.87. The van der Waals surface area contributed by atoms with E-state index in [4.69, 9.17) is 9.47 Å². The van der Waals surface area contributed by atoms with Crippen LogP contribution in [0.1, 0.15) is 42.9 Å². The second-order valence-electron chi connectivity index (χ2n) is 6.84. The van der Waals surface area contributed by atoms with Gasteiger partial charge in [-0.05, 0) is 55.0 Å². The SMILES string of the molecule is C=C(C)C(=O)OCCCOc1cccc2c1C=C(c1ccccc1)CCC2. The quantitative estimate of drug-likeness (QED) is 0.373. The van der Waals surface area contributed by atoms with Crippen molar-refractivity contribution >= 4 is 17.6 Å². The molecule has 27 heavy (non-hydrogen) atoms. The molecule has 0 N–H and O–H groups in total. The normalized spacial score (nSPS) is 13.1. The van der Waals surface area contributed by atoms with Gasteiger partial charge in [0.1, 0.15) is 5.75 Å². The molecule has 1 aliphatic carbocycles. The van der Waals surface area contributed by atoms with Crippen molar-refractivity contribution < 1.29 is 14.3 Å². The van der Waals surface area contributed by atoms with Crippen LogP contribution < -0.4 is 4.74 Å². The first-order valence-electron chi connectivity index (χ1n) is 9.48. The minimum Gasteiger partial charge on any atom is -0.493 e. The van der Waals surface area contributed by atoms with Gasteiger partial charge in [-0.25, -0.2) is 4.79 Å². The second kappa shape index (κ2) is 9.22. The lowest BCUT2D eigenvalue weighted by Crippen LogP contribution is -2.09. The number of hydrogen-bond acceptors (Lipinski definition) is 3. The molecule has 0 unspecified atom stereocenters. The van der Waals surface area contributed by atoms with Crippen molar-refractivity contribution in [1.29, 1.82) is 0 Å². The van der Waals surface area contributed by atoms with Crippen molar-refractivity contribution in [3.8, 4) is 5.75 Å². The van der Waals surface area contributed by atoms with E-state index in [9.17, 15) is 4.79 Å². The summed E-state index contributed by atoms with van der Waals surface area (Å²) in [7, 11) is 0. The van der Waals surface area contributed by atoms with Gasteiger partial charge in [-0.2, -0.15) is 0 Å². The van der Waals surface area contributed by atoms with Crippen LogP contribution in [-0.4, -0.2) is 19.2 Å². The first kappa shape index (κ1) is 19.0. The molecule has 0 saturated carbocycles. The predicted molar refractivity (Wildman–Crippen MR) is 110 cm³/mol. The van der Waals surface area contributed by atoms with Crippen LogP contribution in [0, 0.1) is 0 Å². The molecule has 0 amide bonds. The number of fused-ring (bicyclic) bond motifs is 1. The fourth-order valence-corrected chi connectivity index (χ4v) is 3.22. The van der Waals surface area contributed by atoms with E-state index < -0.39 is 0 Å². The van der Waals surface area contributed by atoms with E-state index in [-0.39, 0.29) is 5.97 Å². The topological polar surface area (TPSA) is 35.5 Å². The van der Waals surface area contributed by atoms with Crippen molar-refractivity contribution in [1.82, 2.24) is 0 Å². The summed E-state index contributed by atoms with van der Waals surface area (Å²) in [5.74, 6) is 0.549. The number of aryl methyl sites for hydroxylation is 1. The number of benzene rings is 2. The Morgan fingerprint density at radius 3 is 2.63 bits per heavy atom. The van der Waals surface area contributed by atoms with Gasteiger partial charge in [0.25, 0.3) is 0 Å². The highest BCUT2D eigenvalue weighted by Crippen LogP contribution is 2.34. The summed E-state index contributed by atoms with van der Waals surface area (Å²) >= 11 is 0. The highest BCUT2D eigenvalue weighted by Gasteiger charge is 2.14. The zero-order valence-electron chi connectivity index (χ0n) is 15.9. The van der Waals surface area contributed by atoms with E-state index in [1.165, 1.54) is 22.3 Å². The van der Waals surface area contributed by atoms with Gasteiger partial charge in [-0.1, -0.05) is 49.0 Å². The Hall–Kier alpha value is -2.81. The van der Waals surface area contributed by atoms with Crippen LogP contribution in [0.15, 0.2) is 60.7 Å². The monoisotopic (exact) mass is 362 g/mol. The smallest absolute Gasteiger partial charge is 0.333 e. The fourth-order valence-electron chi connectivity index (χ4n) is 3.22. The van der Waals surface area contributed by atoms with E-state index >= 15 is 0 Å². The molecule has 2 aromatic carbocycles. The largest absolute Gasteiger partial charge is 0.493 e. The van der Waals surface area contributed by atoms with E-state index in [2.05, 4.69) is 49.1 Å². The molecule has 0 aliphatic heterocycles. The minimum absolute atomic E-state index is 0.339. The number of carbonyl (C=O) groups is 1. The molecular weight excluding hydrogens is 336 g/mol. The second-order valence-corrected chi connectivity index (χ2v) is 6.84. The van der Waals surface area contributed by atoms with Crippen LogP contribution >= 0.6 is 0 Å². The van der Waals surface area contributed by atoms with Gasteiger partial charge in [-0.3, -0.25) is 0 Å². The lowest BCUT2D eigenvalue weighted by atomic mass is 10.0. The molecule has 2 aromatic rings. The van der Waals surface area contributed by atoms with E-state index in [1.54, 1.807) is 6.92 Å². The van der Waals surface area contributed by atoms with Crippen LogP contribution in [0.5, 0.6) is 5.75 Å². The summed E-state index contributed by atoms with van der Waals surface area (Å²) in [4.78, 5) is 11.4. The fraction of sp³-hybridized carbons (Fsp3) is 0.292. The Morgan fingerprint density at radius 2 is 1.85 bits per heavy atom. The Bertz CT molecular complexity index is 834. The third-order valence-corrected chi connectivity index (χ3v) is 4.64. The third-order valence-electron chi connectivity index (χ3n) is 4.64. The number of carbonyl (C=O) groups excluding carboxylic acids is 1. The van der Waals surface area contributed by atoms with Gasteiger partial charge in [0, 0.05) is 17.6 Å². The maximum absolute atomic E-state index is 11.4. The average molecular weight is 362 g/mol. The zero-order valence-corrected chi connectivity index (χ0v) is 15.9. The molecule has 3 heteroatoms. The number of allylic oxidation sites excluding steroid dienone is 1. The number of ether oxygens (including phenoxy) is 2. The van der Waals surface area contributed by atoms with Crippen LogP contribution in [0.3, 0.4) is 0 Å². The Morgan fingerprint density at radius 1 is 1.04 bits per heavy atom. The van der Waals surface area contributed by atoms with Crippen molar-refractivity contribution in [2.24, 2.45) is 0 Å². The Labute approximate surface area is 161 Å². The number of esters is 1. The van der Waals surface area contributed by atoms with Crippen LogP contribution in [0.4, 0.5) is 0 Å². The summed E-state index contributed by atoms with van der Waals surface area (Å²) in [6.45, 7) is 6.07. The van der Waals surface area contributed by atoms with E-state index in [0.717, 1.165) is 25.0 Å². The van der Waals surface area contributed by atoms with Gasteiger partial charge >= 0.3 is 5.97 Å². The maximum atomic E-state index is 11.4. The van der Waals surface area contributed by atoms with Crippen molar-refractivity contribution in [3.05, 3.63) is 77.4 Å². The molecule has 140 valence electrons. The number of hydrogen-bond donors (Lipinski definition) is 0. The Kier molecular flexibility index (Phi) is 6.48. The number of rotatable bonds is 7. The first-order chi connectivity index (χ1) is 13.1. The van der Waals surface area contributed by atoms with Crippen molar-refractivity contribution in [2.45, 2.75) is 32.6 Å². The molecule has 0 atom stereocenters. The summed E-state index contributed by atoms with van der Waals surface area (Å²) in [5.41, 5.74) is 5.54. The van der Waals surface area contributed by atoms with Crippen LogP contribution in [0.25, 0.3) is 11.6 Å². The lowest BCUT2D eigenvalue weighted by molar-refractivity contribution is -0.139. The average Bonchev–Trinajstić information content (AvgIpc) is 2.91. The lowest BCUT2D eigenvalue weighted by Gasteiger charge is -2.13. The van der Waals surface area contributed by atoms with Crippen molar-refractivity contribution in [3.63, 3.8) is 0 Å². The molecule has 1 aliphatic rings. The molecule has 3 rings (SSSR count). The minimum atomic E-state index is -0.348.